The van der Waals surface area contributed by atoms with E-state index in [1.165, 1.54) is 0 Å². The van der Waals surface area contributed by atoms with Gasteiger partial charge in [0, 0.05) is 18.5 Å². The van der Waals surface area contributed by atoms with Gasteiger partial charge in [0.2, 0.25) is 0 Å². The highest BCUT2D eigenvalue weighted by Crippen LogP contribution is 2.48. The first-order chi connectivity index (χ1) is 13.0. The van der Waals surface area contributed by atoms with Crippen LogP contribution in [0.2, 0.25) is 0 Å². The maximum absolute atomic E-state index is 6.52. The molecule has 0 spiro atoms. The Morgan fingerprint density at radius 3 is 2.74 bits per heavy atom. The van der Waals surface area contributed by atoms with Crippen LogP contribution in [-0.2, 0) is 6.54 Å². The van der Waals surface area contributed by atoms with E-state index in [-0.39, 0.29) is 6.04 Å². The van der Waals surface area contributed by atoms with Crippen molar-refractivity contribution in [1.82, 2.24) is 10.2 Å². The van der Waals surface area contributed by atoms with Gasteiger partial charge in [0.15, 0.2) is 22.3 Å². The van der Waals surface area contributed by atoms with E-state index < -0.39 is 5.72 Å². The third kappa shape index (κ3) is 3.18. The Labute approximate surface area is 165 Å². The van der Waals surface area contributed by atoms with Crippen LogP contribution in [0.15, 0.2) is 42.5 Å². The first-order valence-corrected chi connectivity index (χ1v) is 9.60. The molecule has 0 amide bonds. The minimum Gasteiger partial charge on any atom is -0.497 e. The Hall–Kier alpha value is -2.47. The van der Waals surface area contributed by atoms with E-state index in [4.69, 9.17) is 26.4 Å². The van der Waals surface area contributed by atoms with Crippen LogP contribution >= 0.6 is 12.2 Å². The van der Waals surface area contributed by atoms with Crippen LogP contribution < -0.4 is 19.5 Å². The molecule has 0 unspecified atom stereocenters. The van der Waals surface area contributed by atoms with Gasteiger partial charge in [-0.2, -0.15) is 0 Å². The number of hydrogen-bond acceptors (Lipinski definition) is 4. The van der Waals surface area contributed by atoms with Gasteiger partial charge in [0.05, 0.1) is 19.8 Å². The number of hydrogen-bond donors (Lipinski definition) is 1. The lowest BCUT2D eigenvalue weighted by atomic mass is 9.90. The molecule has 6 heteroatoms. The summed E-state index contributed by atoms with van der Waals surface area (Å²) in [6, 6.07) is 14.2. The minimum absolute atomic E-state index is 0.124. The van der Waals surface area contributed by atoms with Crippen LogP contribution in [0.1, 0.15) is 37.4 Å². The fraction of sp³-hybridized carbons (Fsp3) is 0.381. The van der Waals surface area contributed by atoms with Crippen molar-refractivity contribution in [3.8, 4) is 17.2 Å². The second kappa shape index (κ2) is 6.93. The molecule has 0 aliphatic carbocycles. The predicted octanol–water partition coefficient (Wildman–Crippen LogP) is 4.02. The molecule has 2 atom stereocenters. The highest BCUT2D eigenvalue weighted by molar-refractivity contribution is 7.80. The molecule has 142 valence electrons. The molecule has 2 bridgehead atoms. The fourth-order valence-corrected chi connectivity index (χ4v) is 4.22. The van der Waals surface area contributed by atoms with Crippen molar-refractivity contribution < 1.29 is 14.2 Å². The van der Waals surface area contributed by atoms with Crippen LogP contribution in [0.5, 0.6) is 17.2 Å². The Morgan fingerprint density at radius 1 is 1.26 bits per heavy atom. The third-order valence-electron chi connectivity index (χ3n) is 5.20. The van der Waals surface area contributed by atoms with Gasteiger partial charge in [-0.1, -0.05) is 24.3 Å². The van der Waals surface area contributed by atoms with Gasteiger partial charge in [0.25, 0.3) is 0 Å². The zero-order valence-electron chi connectivity index (χ0n) is 15.8. The Bertz CT molecular complexity index is 855. The topological polar surface area (TPSA) is 43.0 Å². The summed E-state index contributed by atoms with van der Waals surface area (Å²) in [7, 11) is 1.67. The van der Waals surface area contributed by atoms with Crippen LogP contribution in [0, 0.1) is 0 Å². The second-order valence-corrected chi connectivity index (χ2v) is 7.41. The zero-order valence-corrected chi connectivity index (χ0v) is 16.6. The van der Waals surface area contributed by atoms with E-state index in [1.807, 2.05) is 31.2 Å². The molecule has 2 heterocycles. The van der Waals surface area contributed by atoms with Gasteiger partial charge in [-0.15, -0.1) is 0 Å². The summed E-state index contributed by atoms with van der Waals surface area (Å²) in [5.74, 6) is 2.44. The molecule has 0 saturated carbocycles. The maximum atomic E-state index is 6.52. The molecule has 27 heavy (non-hydrogen) atoms. The number of thiocarbonyl (C=S) groups is 1. The summed E-state index contributed by atoms with van der Waals surface area (Å²) in [5, 5.41) is 4.19. The predicted molar refractivity (Wildman–Crippen MR) is 108 cm³/mol. The molecule has 5 nitrogen and oxygen atoms in total. The van der Waals surface area contributed by atoms with Crippen molar-refractivity contribution in [2.75, 3.05) is 13.7 Å². The van der Waals surface area contributed by atoms with Crippen molar-refractivity contribution >= 4 is 17.3 Å². The third-order valence-corrected chi connectivity index (χ3v) is 5.54. The fourth-order valence-electron chi connectivity index (χ4n) is 3.82. The lowest BCUT2D eigenvalue weighted by Gasteiger charge is -2.52. The number of fused-ring (bicyclic) bond motifs is 4. The van der Waals surface area contributed by atoms with E-state index in [2.05, 4.69) is 35.3 Å². The highest BCUT2D eigenvalue weighted by atomic mass is 32.1. The lowest BCUT2D eigenvalue weighted by Crippen LogP contribution is -2.64. The van der Waals surface area contributed by atoms with E-state index in [0.29, 0.717) is 18.3 Å². The molecule has 2 aliphatic rings. The molecule has 1 N–H and O–H groups in total. The normalized spacial score (nSPS) is 23.1. The molecule has 0 radical (unpaired) electrons. The van der Waals surface area contributed by atoms with E-state index >= 15 is 0 Å². The van der Waals surface area contributed by atoms with Crippen LogP contribution in [0.4, 0.5) is 0 Å². The molecule has 1 saturated heterocycles. The van der Waals surface area contributed by atoms with Crippen LogP contribution in [0.25, 0.3) is 0 Å². The number of nitrogens with one attached hydrogen (secondary N) is 1. The standard InChI is InChI=1S/C21H24N2O3S/c1-4-25-18-7-5-6-16-17-12-21(2,26-19(16)18)23(20(27)22-17)13-14-8-10-15(24-3)11-9-14/h5-11,17H,4,12-13H2,1-3H3,(H,22,27)/t17-,21-/m0/s1. The highest BCUT2D eigenvalue weighted by Gasteiger charge is 2.48. The summed E-state index contributed by atoms with van der Waals surface area (Å²) < 4.78 is 17.6. The van der Waals surface area contributed by atoms with Crippen molar-refractivity contribution in [2.24, 2.45) is 0 Å². The van der Waals surface area contributed by atoms with Gasteiger partial charge in [0.1, 0.15) is 5.75 Å². The zero-order chi connectivity index (χ0) is 19.0. The van der Waals surface area contributed by atoms with E-state index in [0.717, 1.165) is 34.8 Å². The smallest absolute Gasteiger partial charge is 0.184 e. The Balaban J connectivity index is 1.66. The van der Waals surface area contributed by atoms with Gasteiger partial charge >= 0.3 is 0 Å². The molecule has 2 aromatic rings. The Morgan fingerprint density at radius 2 is 2.04 bits per heavy atom. The van der Waals surface area contributed by atoms with E-state index in [1.54, 1.807) is 7.11 Å². The molecular weight excluding hydrogens is 360 g/mol. The van der Waals surface area contributed by atoms with Gasteiger partial charge in [-0.05, 0) is 49.8 Å². The van der Waals surface area contributed by atoms with Gasteiger partial charge < -0.3 is 24.4 Å². The number of benzene rings is 2. The van der Waals surface area contributed by atoms with Crippen molar-refractivity contribution in [1.29, 1.82) is 0 Å². The molecule has 2 aromatic carbocycles. The largest absolute Gasteiger partial charge is 0.497 e. The number of ether oxygens (including phenoxy) is 3. The van der Waals surface area contributed by atoms with Gasteiger partial charge in [-0.3, -0.25) is 0 Å². The van der Waals surface area contributed by atoms with Crippen molar-refractivity contribution in [3.05, 3.63) is 53.6 Å². The molecule has 1 fully saturated rings. The van der Waals surface area contributed by atoms with Gasteiger partial charge in [-0.25, -0.2) is 0 Å². The SMILES string of the molecule is CCOc1cccc2c1O[C@@]1(C)C[C@@H]2NC(=S)N1Cc1ccc(OC)cc1. The average Bonchev–Trinajstić information content (AvgIpc) is 2.66. The molecule has 0 aromatic heterocycles. The maximum Gasteiger partial charge on any atom is 0.184 e. The van der Waals surface area contributed by atoms with Crippen molar-refractivity contribution in [2.45, 2.75) is 38.6 Å². The summed E-state index contributed by atoms with van der Waals surface area (Å²) >= 11 is 5.69. The lowest BCUT2D eigenvalue weighted by molar-refractivity contribution is -0.0738. The summed E-state index contributed by atoms with van der Waals surface area (Å²) in [5.41, 5.74) is 1.71. The number of rotatable bonds is 5. The first-order valence-electron chi connectivity index (χ1n) is 9.20. The molecule has 4 rings (SSSR count). The average molecular weight is 385 g/mol. The van der Waals surface area contributed by atoms with Crippen LogP contribution in [-0.4, -0.2) is 29.5 Å². The monoisotopic (exact) mass is 384 g/mol. The number of nitrogens with zero attached hydrogens (tertiary/aromatic N) is 1. The van der Waals surface area contributed by atoms with E-state index in [9.17, 15) is 0 Å². The minimum atomic E-state index is -0.535. The second-order valence-electron chi connectivity index (χ2n) is 7.03. The summed E-state index contributed by atoms with van der Waals surface area (Å²) in [4.78, 5) is 2.12. The summed E-state index contributed by atoms with van der Waals surface area (Å²) in [6.45, 7) is 5.34. The molecular formula is C21H24N2O3S. The quantitative estimate of drug-likeness (QED) is 0.786. The Kier molecular flexibility index (Phi) is 4.60. The molecule has 2 aliphatic heterocycles. The van der Waals surface area contributed by atoms with Crippen molar-refractivity contribution in [3.63, 3.8) is 0 Å². The van der Waals surface area contributed by atoms with Crippen LogP contribution in [0.3, 0.4) is 0 Å². The number of methoxy groups -OCH3 is 1. The number of para-hydroxylation sites is 1. The summed E-state index contributed by atoms with van der Waals surface area (Å²) in [6.07, 6.45) is 0.811. The first kappa shape index (κ1) is 17.9.